The van der Waals surface area contributed by atoms with Gasteiger partial charge in [0.25, 0.3) is 0 Å². The molecule has 1 aliphatic rings. The van der Waals surface area contributed by atoms with Gasteiger partial charge < -0.3 is 9.47 Å². The van der Waals surface area contributed by atoms with E-state index >= 15 is 0 Å². The van der Waals surface area contributed by atoms with Crippen molar-refractivity contribution in [3.63, 3.8) is 0 Å². The Labute approximate surface area is 156 Å². The van der Waals surface area contributed by atoms with Crippen LogP contribution in [0, 0.1) is 13.8 Å². The first-order valence-corrected chi connectivity index (χ1v) is 9.40. The summed E-state index contributed by atoms with van der Waals surface area (Å²) in [6.45, 7) is 11.2. The maximum Gasteiger partial charge on any atom is 0.130 e. The Morgan fingerprint density at radius 1 is 1.12 bits per heavy atom. The van der Waals surface area contributed by atoms with Crippen LogP contribution in [0.15, 0.2) is 24.3 Å². The smallest absolute Gasteiger partial charge is 0.130 e. The zero-order valence-electron chi connectivity index (χ0n) is 15.8. The molecule has 0 aromatic heterocycles. The van der Waals surface area contributed by atoms with E-state index in [0.717, 1.165) is 41.3 Å². The van der Waals surface area contributed by atoms with Crippen LogP contribution in [0.1, 0.15) is 55.0 Å². The summed E-state index contributed by atoms with van der Waals surface area (Å²) in [5, 5.41) is 0.741. The molecule has 0 spiro atoms. The summed E-state index contributed by atoms with van der Waals surface area (Å²) < 4.78 is 12.3. The fourth-order valence-electron chi connectivity index (χ4n) is 3.56. The maximum absolute atomic E-state index is 6.30. The first-order valence-electron chi connectivity index (χ1n) is 9.03. The number of fused-ring (bicyclic) bond motifs is 1. The molecule has 0 saturated carbocycles. The Balaban J connectivity index is 1.83. The first-order chi connectivity index (χ1) is 11.8. The van der Waals surface area contributed by atoms with E-state index in [1.54, 1.807) is 0 Å². The largest absolute Gasteiger partial charge is 0.488 e. The molecule has 3 heteroatoms. The van der Waals surface area contributed by atoms with Gasteiger partial charge in [-0.25, -0.2) is 0 Å². The van der Waals surface area contributed by atoms with Gasteiger partial charge in [-0.05, 0) is 74.6 Å². The maximum atomic E-state index is 6.30. The van der Waals surface area contributed by atoms with Crippen LogP contribution in [0.4, 0.5) is 0 Å². The van der Waals surface area contributed by atoms with Crippen LogP contribution in [0.25, 0.3) is 0 Å². The highest BCUT2D eigenvalue weighted by Gasteiger charge is 2.32. The van der Waals surface area contributed by atoms with Crippen LogP contribution in [0.2, 0.25) is 5.02 Å². The Bertz CT molecular complexity index is 793. The molecule has 2 aromatic rings. The first kappa shape index (κ1) is 18.1. The van der Waals surface area contributed by atoms with Crippen LogP contribution in [0.5, 0.6) is 11.5 Å². The highest BCUT2D eigenvalue weighted by Crippen LogP contribution is 2.40. The van der Waals surface area contributed by atoms with Crippen molar-refractivity contribution >= 4 is 11.6 Å². The van der Waals surface area contributed by atoms with Gasteiger partial charge in [0, 0.05) is 17.0 Å². The van der Waals surface area contributed by atoms with Gasteiger partial charge in [0.05, 0.1) is 0 Å². The molecule has 0 amide bonds. The second kappa shape index (κ2) is 6.92. The summed E-state index contributed by atoms with van der Waals surface area (Å²) in [6, 6.07) is 8.23. The highest BCUT2D eigenvalue weighted by atomic mass is 35.5. The fraction of sp³-hybridized carbons (Fsp3) is 0.455. The van der Waals surface area contributed by atoms with E-state index < -0.39 is 0 Å². The monoisotopic (exact) mass is 358 g/mol. The third-order valence-corrected chi connectivity index (χ3v) is 5.17. The lowest BCUT2D eigenvalue weighted by atomic mass is 9.99. The second-order valence-corrected chi connectivity index (χ2v) is 8.04. The lowest BCUT2D eigenvalue weighted by molar-refractivity contribution is 0.135. The summed E-state index contributed by atoms with van der Waals surface area (Å²) in [6.07, 6.45) is 3.14. The minimum atomic E-state index is -0.184. The van der Waals surface area contributed by atoms with Crippen molar-refractivity contribution < 1.29 is 9.47 Å². The number of hydrogen-bond donors (Lipinski definition) is 0. The lowest BCUT2D eigenvalue weighted by Crippen LogP contribution is -2.25. The summed E-state index contributed by atoms with van der Waals surface area (Å²) in [4.78, 5) is 0. The van der Waals surface area contributed by atoms with Crippen molar-refractivity contribution in [2.75, 3.05) is 0 Å². The third-order valence-electron chi connectivity index (χ3n) is 4.95. The zero-order chi connectivity index (χ0) is 18.2. The average molecular weight is 359 g/mol. The number of rotatable bonds is 5. The quantitative estimate of drug-likeness (QED) is 0.633. The summed E-state index contributed by atoms with van der Waals surface area (Å²) in [5.41, 5.74) is 5.95. The zero-order valence-corrected chi connectivity index (χ0v) is 16.6. The molecule has 134 valence electrons. The van der Waals surface area contributed by atoms with Gasteiger partial charge in [-0.15, -0.1) is 0 Å². The second-order valence-electron chi connectivity index (χ2n) is 7.60. The summed E-state index contributed by atoms with van der Waals surface area (Å²) in [7, 11) is 0. The van der Waals surface area contributed by atoms with E-state index in [0.29, 0.717) is 6.61 Å². The van der Waals surface area contributed by atoms with Gasteiger partial charge in [0.1, 0.15) is 23.7 Å². The van der Waals surface area contributed by atoms with Gasteiger partial charge in [-0.3, -0.25) is 0 Å². The molecule has 0 atom stereocenters. The van der Waals surface area contributed by atoms with Crippen LogP contribution >= 0.6 is 11.6 Å². The molecule has 1 aliphatic heterocycles. The van der Waals surface area contributed by atoms with Crippen molar-refractivity contribution in [1.82, 2.24) is 0 Å². The normalized spacial score (nSPS) is 15.0. The minimum absolute atomic E-state index is 0.184. The van der Waals surface area contributed by atoms with Crippen molar-refractivity contribution in [3.05, 3.63) is 57.1 Å². The van der Waals surface area contributed by atoms with E-state index in [2.05, 4.69) is 46.8 Å². The molecule has 3 rings (SSSR count). The number of halogens is 1. The number of hydrogen-bond acceptors (Lipinski definition) is 2. The molecule has 0 saturated heterocycles. The van der Waals surface area contributed by atoms with Gasteiger partial charge >= 0.3 is 0 Å². The van der Waals surface area contributed by atoms with Gasteiger partial charge in [0.15, 0.2) is 0 Å². The van der Waals surface area contributed by atoms with E-state index in [1.807, 2.05) is 12.1 Å². The molecule has 2 nitrogen and oxygen atoms in total. The van der Waals surface area contributed by atoms with Gasteiger partial charge in [0.2, 0.25) is 0 Å². The van der Waals surface area contributed by atoms with Gasteiger partial charge in [-0.2, -0.15) is 0 Å². The Morgan fingerprint density at radius 3 is 2.60 bits per heavy atom. The molecule has 0 N–H and O–H groups in total. The number of ether oxygens (including phenoxy) is 2. The minimum Gasteiger partial charge on any atom is -0.488 e. The Hall–Kier alpha value is -1.67. The van der Waals surface area contributed by atoms with Crippen molar-refractivity contribution in [1.29, 1.82) is 0 Å². The van der Waals surface area contributed by atoms with E-state index in [1.165, 1.54) is 22.3 Å². The van der Waals surface area contributed by atoms with E-state index in [4.69, 9.17) is 21.1 Å². The van der Waals surface area contributed by atoms with E-state index in [9.17, 15) is 0 Å². The highest BCUT2D eigenvalue weighted by molar-refractivity contribution is 6.30. The molecule has 0 aliphatic carbocycles. The number of benzene rings is 2. The topological polar surface area (TPSA) is 18.5 Å². The van der Waals surface area contributed by atoms with Crippen LogP contribution in [0.3, 0.4) is 0 Å². The molecule has 0 bridgehead atoms. The van der Waals surface area contributed by atoms with Crippen LogP contribution in [-0.2, 0) is 19.4 Å². The van der Waals surface area contributed by atoms with Crippen molar-refractivity contribution in [2.45, 2.75) is 66.1 Å². The fourth-order valence-corrected chi connectivity index (χ4v) is 3.82. The number of aryl methyl sites for hydroxylation is 1. The SMILES string of the molecule is CCCc1ccc(OCc2cc(Cl)cc3c2OC(C)(C)C3)c(C)c1C. The molecule has 25 heavy (non-hydrogen) atoms. The standard InChI is InChI=1S/C22H27ClO2/c1-6-7-16-8-9-20(15(3)14(16)2)24-13-18-11-19(23)10-17-12-22(4,5)25-21(17)18/h8-11H,6-7,12-13H2,1-5H3. The van der Waals surface area contributed by atoms with Crippen molar-refractivity contribution in [3.8, 4) is 11.5 Å². The third kappa shape index (κ3) is 3.79. The molecule has 2 aromatic carbocycles. The van der Waals surface area contributed by atoms with E-state index in [-0.39, 0.29) is 5.60 Å². The van der Waals surface area contributed by atoms with Crippen molar-refractivity contribution in [2.24, 2.45) is 0 Å². The molecule has 0 unspecified atom stereocenters. The predicted octanol–water partition coefficient (Wildman–Crippen LogP) is 6.20. The van der Waals surface area contributed by atoms with Gasteiger partial charge in [-0.1, -0.05) is 31.0 Å². The molecular weight excluding hydrogens is 332 g/mol. The molecule has 1 heterocycles. The average Bonchev–Trinajstić information content (AvgIpc) is 2.85. The Kier molecular flexibility index (Phi) is 5.02. The summed E-state index contributed by atoms with van der Waals surface area (Å²) in [5.74, 6) is 1.87. The Morgan fingerprint density at radius 2 is 1.88 bits per heavy atom. The van der Waals surface area contributed by atoms with Crippen LogP contribution < -0.4 is 9.47 Å². The molecular formula is C22H27ClO2. The summed E-state index contributed by atoms with van der Waals surface area (Å²) >= 11 is 6.30. The lowest BCUT2D eigenvalue weighted by Gasteiger charge is -2.19. The van der Waals surface area contributed by atoms with Crippen LogP contribution in [-0.4, -0.2) is 5.60 Å². The molecule has 0 fully saturated rings. The predicted molar refractivity (Wildman–Crippen MR) is 104 cm³/mol. The molecule has 0 radical (unpaired) electrons.